The number of amides is 1. The van der Waals surface area contributed by atoms with E-state index in [0.717, 1.165) is 46.5 Å². The van der Waals surface area contributed by atoms with E-state index in [1.165, 1.54) is 30.2 Å². The van der Waals surface area contributed by atoms with Crippen LogP contribution >= 0.6 is 27.7 Å². The number of carbonyl (C=O) groups is 1. The molecule has 1 amide bonds. The third-order valence-corrected chi connectivity index (χ3v) is 6.85. The maximum absolute atomic E-state index is 13.0. The standard InChI is InChI=1S/C24H27BrN6OS/c1-16-14-17(2)28-24(27-16)33-15-21-22(23(32)26-13-12-18-6-4-3-5-7-18)29-30-31(21)20-10-8-19(25)9-11-20/h6,8-11,14H,3-5,7,12-13,15H2,1-2H3,(H,26,32). The van der Waals surface area contributed by atoms with Crippen LogP contribution in [0.2, 0.25) is 0 Å². The molecule has 0 aliphatic heterocycles. The Hall–Kier alpha value is -2.52. The maximum Gasteiger partial charge on any atom is 0.273 e. The number of allylic oxidation sites excluding steroid dienone is 1. The molecular weight excluding hydrogens is 500 g/mol. The minimum atomic E-state index is -0.202. The summed E-state index contributed by atoms with van der Waals surface area (Å²) in [6.45, 7) is 4.50. The minimum Gasteiger partial charge on any atom is -0.350 e. The van der Waals surface area contributed by atoms with Crippen molar-refractivity contribution in [3.63, 3.8) is 0 Å². The lowest BCUT2D eigenvalue weighted by molar-refractivity contribution is 0.0948. The lowest BCUT2D eigenvalue weighted by atomic mass is 9.97. The molecule has 0 spiro atoms. The highest BCUT2D eigenvalue weighted by molar-refractivity contribution is 9.10. The molecule has 9 heteroatoms. The van der Waals surface area contributed by atoms with Gasteiger partial charge in [-0.2, -0.15) is 0 Å². The van der Waals surface area contributed by atoms with Crippen molar-refractivity contribution in [2.24, 2.45) is 0 Å². The van der Waals surface area contributed by atoms with Crippen LogP contribution in [-0.4, -0.2) is 37.4 Å². The maximum atomic E-state index is 13.0. The molecule has 33 heavy (non-hydrogen) atoms. The number of carbonyl (C=O) groups excluding carboxylic acids is 1. The fraction of sp³-hybridized carbons (Fsp3) is 0.375. The summed E-state index contributed by atoms with van der Waals surface area (Å²) in [7, 11) is 0. The Bertz CT molecular complexity index is 1140. The van der Waals surface area contributed by atoms with E-state index in [4.69, 9.17) is 0 Å². The van der Waals surface area contributed by atoms with Crippen molar-refractivity contribution in [3.05, 3.63) is 69.2 Å². The first-order valence-electron chi connectivity index (χ1n) is 11.1. The second-order valence-corrected chi connectivity index (χ2v) is 9.97. The topological polar surface area (TPSA) is 85.6 Å². The average Bonchev–Trinajstić information content (AvgIpc) is 3.22. The molecule has 0 radical (unpaired) electrons. The van der Waals surface area contributed by atoms with Crippen LogP contribution in [0.25, 0.3) is 5.69 Å². The molecular formula is C24H27BrN6OS. The number of benzene rings is 1. The number of nitrogens with one attached hydrogen (secondary N) is 1. The monoisotopic (exact) mass is 526 g/mol. The van der Waals surface area contributed by atoms with Gasteiger partial charge in [-0.25, -0.2) is 14.6 Å². The van der Waals surface area contributed by atoms with Crippen molar-refractivity contribution in [2.45, 2.75) is 56.9 Å². The number of rotatable bonds is 8. The van der Waals surface area contributed by atoms with Crippen molar-refractivity contribution < 1.29 is 4.79 Å². The van der Waals surface area contributed by atoms with Crippen molar-refractivity contribution in [1.29, 1.82) is 0 Å². The molecule has 0 fully saturated rings. The molecule has 3 aromatic rings. The van der Waals surface area contributed by atoms with E-state index in [9.17, 15) is 4.79 Å². The zero-order valence-corrected chi connectivity index (χ0v) is 21.2. The Balaban J connectivity index is 1.54. The first-order chi connectivity index (χ1) is 16.0. The van der Waals surface area contributed by atoms with Gasteiger partial charge < -0.3 is 5.32 Å². The summed E-state index contributed by atoms with van der Waals surface area (Å²) in [5.74, 6) is 0.270. The summed E-state index contributed by atoms with van der Waals surface area (Å²) in [6.07, 6.45) is 7.97. The molecule has 0 saturated carbocycles. The molecule has 0 saturated heterocycles. The summed E-state index contributed by atoms with van der Waals surface area (Å²) in [6, 6.07) is 9.71. The average molecular weight is 527 g/mol. The summed E-state index contributed by atoms with van der Waals surface area (Å²) >= 11 is 4.94. The van der Waals surface area contributed by atoms with Gasteiger partial charge in [0.15, 0.2) is 10.9 Å². The highest BCUT2D eigenvalue weighted by atomic mass is 79.9. The normalized spacial score (nSPS) is 13.6. The second-order valence-electron chi connectivity index (χ2n) is 8.11. The highest BCUT2D eigenvalue weighted by Crippen LogP contribution is 2.25. The summed E-state index contributed by atoms with van der Waals surface area (Å²) in [5, 5.41) is 12.3. The number of thioether (sulfide) groups is 1. The van der Waals surface area contributed by atoms with Crippen LogP contribution in [0, 0.1) is 13.8 Å². The number of hydrogen-bond acceptors (Lipinski definition) is 6. The Morgan fingerprint density at radius 3 is 2.61 bits per heavy atom. The SMILES string of the molecule is Cc1cc(C)nc(SCc2c(C(=O)NCCC3=CCCCC3)nnn2-c2ccc(Br)cc2)n1. The molecule has 2 heterocycles. The molecule has 1 aromatic carbocycles. The zero-order valence-electron chi connectivity index (χ0n) is 18.8. The molecule has 172 valence electrons. The Kier molecular flexibility index (Phi) is 7.93. The molecule has 2 aromatic heterocycles. The number of nitrogens with zero attached hydrogens (tertiary/aromatic N) is 5. The van der Waals surface area contributed by atoms with Gasteiger partial charge in [0.25, 0.3) is 5.91 Å². The number of aromatic nitrogens is 5. The van der Waals surface area contributed by atoms with Crippen LogP contribution in [0.5, 0.6) is 0 Å². The lowest BCUT2D eigenvalue weighted by Crippen LogP contribution is -2.26. The van der Waals surface area contributed by atoms with Gasteiger partial charge in [-0.15, -0.1) is 5.10 Å². The van der Waals surface area contributed by atoms with E-state index in [2.05, 4.69) is 47.6 Å². The Morgan fingerprint density at radius 2 is 1.91 bits per heavy atom. The molecule has 4 rings (SSSR count). The van der Waals surface area contributed by atoms with Crippen LogP contribution in [0.4, 0.5) is 0 Å². The van der Waals surface area contributed by atoms with Crippen molar-refractivity contribution in [1.82, 2.24) is 30.3 Å². The minimum absolute atomic E-state index is 0.202. The molecule has 0 bridgehead atoms. The first-order valence-corrected chi connectivity index (χ1v) is 12.9. The van der Waals surface area contributed by atoms with Gasteiger partial charge in [-0.1, -0.05) is 44.6 Å². The fourth-order valence-corrected chi connectivity index (χ4v) is 5.05. The number of halogens is 1. The predicted octanol–water partition coefficient (Wildman–Crippen LogP) is 5.35. The van der Waals surface area contributed by atoms with Crippen LogP contribution in [0.3, 0.4) is 0 Å². The van der Waals surface area contributed by atoms with Gasteiger partial charge in [0, 0.05) is 28.2 Å². The first kappa shape index (κ1) is 23.6. The third-order valence-electron chi connectivity index (χ3n) is 5.47. The highest BCUT2D eigenvalue weighted by Gasteiger charge is 2.21. The molecule has 1 aliphatic carbocycles. The molecule has 1 N–H and O–H groups in total. The van der Waals surface area contributed by atoms with E-state index in [1.807, 2.05) is 44.2 Å². The fourth-order valence-electron chi connectivity index (χ4n) is 3.84. The Labute approximate surface area is 206 Å². The van der Waals surface area contributed by atoms with Crippen molar-refractivity contribution in [3.8, 4) is 5.69 Å². The van der Waals surface area contributed by atoms with Crippen LogP contribution in [-0.2, 0) is 5.75 Å². The largest absolute Gasteiger partial charge is 0.350 e. The van der Waals surface area contributed by atoms with E-state index in [-0.39, 0.29) is 5.91 Å². The van der Waals surface area contributed by atoms with E-state index in [1.54, 1.807) is 4.68 Å². The lowest BCUT2D eigenvalue weighted by Gasteiger charge is -2.13. The predicted molar refractivity (Wildman–Crippen MR) is 134 cm³/mol. The van der Waals surface area contributed by atoms with Gasteiger partial charge in [0.05, 0.1) is 11.4 Å². The van der Waals surface area contributed by atoms with Crippen LogP contribution < -0.4 is 5.32 Å². The summed E-state index contributed by atoms with van der Waals surface area (Å²) in [5.41, 5.74) is 5.17. The number of aryl methyl sites for hydroxylation is 2. The van der Waals surface area contributed by atoms with E-state index in [0.29, 0.717) is 23.1 Å². The van der Waals surface area contributed by atoms with Gasteiger partial charge >= 0.3 is 0 Å². The summed E-state index contributed by atoms with van der Waals surface area (Å²) < 4.78 is 2.70. The van der Waals surface area contributed by atoms with E-state index < -0.39 is 0 Å². The quantitative estimate of drug-likeness (QED) is 0.242. The molecule has 0 atom stereocenters. The smallest absolute Gasteiger partial charge is 0.273 e. The molecule has 0 unspecified atom stereocenters. The number of hydrogen-bond donors (Lipinski definition) is 1. The van der Waals surface area contributed by atoms with Crippen molar-refractivity contribution >= 4 is 33.6 Å². The van der Waals surface area contributed by atoms with Crippen LogP contribution in [0.15, 0.2) is 51.6 Å². The van der Waals surface area contributed by atoms with Gasteiger partial charge in [0.1, 0.15) is 0 Å². The Morgan fingerprint density at radius 1 is 1.15 bits per heavy atom. The van der Waals surface area contributed by atoms with Crippen molar-refractivity contribution in [2.75, 3.05) is 6.54 Å². The zero-order chi connectivity index (χ0) is 23.2. The second kappa shape index (κ2) is 11.1. The van der Waals surface area contributed by atoms with Gasteiger partial charge in [-0.05, 0) is 76.3 Å². The van der Waals surface area contributed by atoms with Crippen LogP contribution in [0.1, 0.15) is 59.7 Å². The molecule has 1 aliphatic rings. The third kappa shape index (κ3) is 6.29. The molecule has 7 nitrogen and oxygen atoms in total. The van der Waals surface area contributed by atoms with Gasteiger partial charge in [0.2, 0.25) is 0 Å². The van der Waals surface area contributed by atoms with Gasteiger partial charge in [-0.3, -0.25) is 4.79 Å². The summed E-state index contributed by atoms with van der Waals surface area (Å²) in [4.78, 5) is 22.1. The van der Waals surface area contributed by atoms with E-state index >= 15 is 0 Å².